The summed E-state index contributed by atoms with van der Waals surface area (Å²) in [4.78, 5) is 2.35. The molecule has 0 amide bonds. The average Bonchev–Trinajstić information content (AvgIpc) is 2.39. The Kier molecular flexibility index (Phi) is 3.14. The van der Waals surface area contributed by atoms with E-state index in [4.69, 9.17) is 4.74 Å². The van der Waals surface area contributed by atoms with Crippen molar-refractivity contribution in [3.63, 3.8) is 0 Å². The molecule has 2 aliphatic heterocycles. The van der Waals surface area contributed by atoms with Crippen LogP contribution in [0.4, 0.5) is 0 Å². The van der Waals surface area contributed by atoms with Crippen LogP contribution in [-0.2, 0) is 4.74 Å². The Morgan fingerprint density at radius 2 is 2.00 bits per heavy atom. The van der Waals surface area contributed by atoms with Crippen molar-refractivity contribution in [2.75, 3.05) is 13.3 Å². The summed E-state index contributed by atoms with van der Waals surface area (Å²) >= 11 is 0. The first kappa shape index (κ1) is 11.2. The fourth-order valence-corrected chi connectivity index (χ4v) is 2.89. The lowest BCUT2D eigenvalue weighted by atomic mass is 9.91. The molecule has 2 heterocycles. The lowest BCUT2D eigenvalue weighted by Gasteiger charge is -2.43. The standard InChI is InChI=1S/C14H19NO2/c16-13-6-7-15-10-17-14(9-12(15)8-13)11-4-2-1-3-5-11/h1-5,12-14,16H,6-10H2/t12-,13+,14+/m1/s1. The van der Waals surface area contributed by atoms with E-state index in [0.717, 1.165) is 25.8 Å². The summed E-state index contributed by atoms with van der Waals surface area (Å²) in [5.41, 5.74) is 1.26. The van der Waals surface area contributed by atoms with E-state index in [0.29, 0.717) is 12.8 Å². The van der Waals surface area contributed by atoms with Gasteiger partial charge in [-0.3, -0.25) is 4.90 Å². The minimum atomic E-state index is -0.120. The first-order chi connectivity index (χ1) is 8.33. The van der Waals surface area contributed by atoms with Crippen LogP contribution in [0.15, 0.2) is 30.3 Å². The van der Waals surface area contributed by atoms with Crippen LogP contribution in [0.2, 0.25) is 0 Å². The zero-order valence-corrected chi connectivity index (χ0v) is 9.96. The first-order valence-electron chi connectivity index (χ1n) is 6.41. The molecule has 3 nitrogen and oxygen atoms in total. The molecule has 0 aliphatic carbocycles. The Bertz CT molecular complexity index is 368. The molecule has 92 valence electrons. The Labute approximate surface area is 102 Å². The van der Waals surface area contributed by atoms with Gasteiger partial charge in [-0.05, 0) is 24.8 Å². The smallest absolute Gasteiger partial charge is 0.100 e. The highest BCUT2D eigenvalue weighted by Crippen LogP contribution is 2.33. The highest BCUT2D eigenvalue weighted by atomic mass is 16.5. The van der Waals surface area contributed by atoms with E-state index in [-0.39, 0.29) is 12.2 Å². The Morgan fingerprint density at radius 3 is 2.82 bits per heavy atom. The predicted octanol–water partition coefficient (Wildman–Crippen LogP) is 1.93. The van der Waals surface area contributed by atoms with Crippen LogP contribution in [-0.4, -0.2) is 35.4 Å². The van der Waals surface area contributed by atoms with Gasteiger partial charge in [0.1, 0.15) is 6.73 Å². The molecule has 0 spiro atoms. The maximum atomic E-state index is 9.74. The van der Waals surface area contributed by atoms with Crippen molar-refractivity contribution < 1.29 is 9.84 Å². The number of hydrogen-bond acceptors (Lipinski definition) is 3. The van der Waals surface area contributed by atoms with Gasteiger partial charge in [0, 0.05) is 12.6 Å². The lowest BCUT2D eigenvalue weighted by molar-refractivity contribution is -0.123. The van der Waals surface area contributed by atoms with Crippen LogP contribution in [0.5, 0.6) is 0 Å². The van der Waals surface area contributed by atoms with E-state index in [1.54, 1.807) is 0 Å². The van der Waals surface area contributed by atoms with Crippen molar-refractivity contribution in [1.29, 1.82) is 0 Å². The lowest BCUT2D eigenvalue weighted by Crippen LogP contribution is -2.49. The zero-order valence-electron chi connectivity index (χ0n) is 9.96. The molecule has 0 aromatic heterocycles. The van der Waals surface area contributed by atoms with Crippen LogP contribution >= 0.6 is 0 Å². The third kappa shape index (κ3) is 2.37. The second-order valence-corrected chi connectivity index (χ2v) is 5.08. The number of hydrogen-bond donors (Lipinski definition) is 1. The van der Waals surface area contributed by atoms with Gasteiger partial charge in [-0.1, -0.05) is 30.3 Å². The molecule has 2 aliphatic rings. The second kappa shape index (κ2) is 4.77. The monoisotopic (exact) mass is 233 g/mol. The van der Waals surface area contributed by atoms with Gasteiger partial charge in [0.15, 0.2) is 0 Å². The van der Waals surface area contributed by atoms with E-state index in [2.05, 4.69) is 29.2 Å². The number of nitrogens with zero attached hydrogens (tertiary/aromatic N) is 1. The van der Waals surface area contributed by atoms with E-state index < -0.39 is 0 Å². The number of benzene rings is 1. The van der Waals surface area contributed by atoms with Gasteiger partial charge in [0.05, 0.1) is 12.2 Å². The van der Waals surface area contributed by atoms with Crippen LogP contribution in [0.1, 0.15) is 30.9 Å². The maximum Gasteiger partial charge on any atom is 0.100 e. The highest BCUT2D eigenvalue weighted by Gasteiger charge is 2.34. The number of fused-ring (bicyclic) bond motifs is 1. The average molecular weight is 233 g/mol. The van der Waals surface area contributed by atoms with Crippen molar-refractivity contribution in [3.05, 3.63) is 35.9 Å². The number of piperidine rings is 1. The molecule has 2 saturated heterocycles. The molecular formula is C14H19NO2. The van der Waals surface area contributed by atoms with Gasteiger partial charge in [-0.15, -0.1) is 0 Å². The molecule has 3 atom stereocenters. The second-order valence-electron chi connectivity index (χ2n) is 5.08. The summed E-state index contributed by atoms with van der Waals surface area (Å²) < 4.78 is 5.91. The van der Waals surface area contributed by atoms with Crippen molar-refractivity contribution in [2.24, 2.45) is 0 Å². The molecule has 0 unspecified atom stereocenters. The zero-order chi connectivity index (χ0) is 11.7. The molecular weight excluding hydrogens is 214 g/mol. The molecule has 1 aromatic rings. The molecule has 0 radical (unpaired) electrons. The fourth-order valence-electron chi connectivity index (χ4n) is 2.89. The van der Waals surface area contributed by atoms with Crippen LogP contribution in [0.25, 0.3) is 0 Å². The van der Waals surface area contributed by atoms with Gasteiger partial charge in [-0.2, -0.15) is 0 Å². The van der Waals surface area contributed by atoms with E-state index >= 15 is 0 Å². The topological polar surface area (TPSA) is 32.7 Å². The predicted molar refractivity (Wildman–Crippen MR) is 65.5 cm³/mol. The van der Waals surface area contributed by atoms with E-state index in [1.165, 1.54) is 5.56 Å². The van der Waals surface area contributed by atoms with Crippen molar-refractivity contribution >= 4 is 0 Å². The van der Waals surface area contributed by atoms with Gasteiger partial charge >= 0.3 is 0 Å². The molecule has 0 saturated carbocycles. The Hall–Kier alpha value is -0.900. The van der Waals surface area contributed by atoms with Crippen LogP contribution < -0.4 is 0 Å². The Balaban J connectivity index is 1.70. The quantitative estimate of drug-likeness (QED) is 0.804. The summed E-state index contributed by atoms with van der Waals surface area (Å²) in [7, 11) is 0. The van der Waals surface area contributed by atoms with Gasteiger partial charge < -0.3 is 9.84 Å². The Morgan fingerprint density at radius 1 is 1.18 bits per heavy atom. The largest absolute Gasteiger partial charge is 0.393 e. The summed E-state index contributed by atoms with van der Waals surface area (Å²) in [5.74, 6) is 0. The minimum absolute atomic E-state index is 0.120. The molecule has 3 rings (SSSR count). The van der Waals surface area contributed by atoms with Crippen molar-refractivity contribution in [3.8, 4) is 0 Å². The van der Waals surface area contributed by atoms with Gasteiger partial charge in [0.25, 0.3) is 0 Å². The SMILES string of the molecule is O[C@H]1CCN2CO[C@H](c3ccccc3)C[C@H]2C1. The minimum Gasteiger partial charge on any atom is -0.393 e. The summed E-state index contributed by atoms with van der Waals surface area (Å²) in [6.45, 7) is 1.67. The number of ether oxygens (including phenoxy) is 1. The van der Waals surface area contributed by atoms with E-state index in [9.17, 15) is 5.11 Å². The molecule has 1 N–H and O–H groups in total. The van der Waals surface area contributed by atoms with Gasteiger partial charge in [0.2, 0.25) is 0 Å². The summed E-state index contributed by atoms with van der Waals surface area (Å²) in [6.07, 6.45) is 2.86. The molecule has 1 aromatic carbocycles. The summed E-state index contributed by atoms with van der Waals surface area (Å²) in [5, 5.41) is 9.74. The molecule has 2 fully saturated rings. The number of rotatable bonds is 1. The van der Waals surface area contributed by atoms with Crippen molar-refractivity contribution in [1.82, 2.24) is 4.90 Å². The normalized spacial score (nSPS) is 34.3. The maximum absolute atomic E-state index is 9.74. The highest BCUT2D eigenvalue weighted by molar-refractivity contribution is 5.18. The molecule has 0 bridgehead atoms. The van der Waals surface area contributed by atoms with Crippen LogP contribution in [0.3, 0.4) is 0 Å². The number of aliphatic hydroxyl groups is 1. The third-order valence-corrected chi connectivity index (χ3v) is 3.91. The third-order valence-electron chi connectivity index (χ3n) is 3.91. The van der Waals surface area contributed by atoms with E-state index in [1.807, 2.05) is 6.07 Å². The molecule has 3 heteroatoms. The van der Waals surface area contributed by atoms with Gasteiger partial charge in [-0.25, -0.2) is 0 Å². The number of aliphatic hydroxyl groups excluding tert-OH is 1. The van der Waals surface area contributed by atoms with Crippen molar-refractivity contribution in [2.45, 2.75) is 37.5 Å². The molecule has 17 heavy (non-hydrogen) atoms. The van der Waals surface area contributed by atoms with Crippen LogP contribution in [0, 0.1) is 0 Å². The summed E-state index contributed by atoms with van der Waals surface area (Å²) in [6, 6.07) is 10.9. The fraction of sp³-hybridized carbons (Fsp3) is 0.571. The first-order valence-corrected chi connectivity index (χ1v) is 6.41.